The zero-order valence-electron chi connectivity index (χ0n) is 9.57. The van der Waals surface area contributed by atoms with E-state index in [9.17, 15) is 4.79 Å². The summed E-state index contributed by atoms with van der Waals surface area (Å²) >= 11 is 0. The van der Waals surface area contributed by atoms with E-state index >= 15 is 0 Å². The van der Waals surface area contributed by atoms with E-state index in [4.69, 9.17) is 0 Å². The molecule has 0 bridgehead atoms. The van der Waals surface area contributed by atoms with Gasteiger partial charge >= 0.3 is 0 Å². The van der Waals surface area contributed by atoms with E-state index in [0.717, 1.165) is 17.6 Å². The van der Waals surface area contributed by atoms with Gasteiger partial charge in [0.2, 0.25) is 0 Å². The molecule has 2 unspecified atom stereocenters. The molecule has 16 heavy (non-hydrogen) atoms. The van der Waals surface area contributed by atoms with Crippen LogP contribution in [0, 0.1) is 11.8 Å². The molecule has 1 nitrogen and oxygen atoms in total. The lowest BCUT2D eigenvalue weighted by Gasteiger charge is -2.09. The third-order valence-corrected chi connectivity index (χ3v) is 4.06. The predicted octanol–water partition coefficient (Wildman–Crippen LogP) is 3.46. The van der Waals surface area contributed by atoms with E-state index in [1.54, 1.807) is 0 Å². The highest BCUT2D eigenvalue weighted by Gasteiger charge is 2.41. The number of hydrogen-bond acceptors (Lipinski definition) is 1. The van der Waals surface area contributed by atoms with Gasteiger partial charge in [-0.25, -0.2) is 0 Å². The number of rotatable bonds is 1. The normalized spacial score (nSPS) is 28.7. The quantitative estimate of drug-likeness (QED) is 0.696. The Hall–Kier alpha value is -1.37. The summed E-state index contributed by atoms with van der Waals surface area (Å²) in [5, 5.41) is 0. The number of Topliss-reactive ketones (excluding diaryl/α,β-unsaturated/α-hetero) is 1. The first kappa shape index (κ1) is 9.83. The van der Waals surface area contributed by atoms with Crippen LogP contribution >= 0.6 is 0 Å². The van der Waals surface area contributed by atoms with Crippen LogP contribution in [0.25, 0.3) is 5.57 Å². The molecule has 0 aromatic heterocycles. The Labute approximate surface area is 96.2 Å². The van der Waals surface area contributed by atoms with Crippen LogP contribution in [-0.2, 0) is 4.79 Å². The van der Waals surface area contributed by atoms with Gasteiger partial charge in [-0.2, -0.15) is 0 Å². The summed E-state index contributed by atoms with van der Waals surface area (Å²) in [7, 11) is 0. The van der Waals surface area contributed by atoms with Crippen LogP contribution in [0.15, 0.2) is 35.9 Å². The minimum Gasteiger partial charge on any atom is -0.294 e. The van der Waals surface area contributed by atoms with Gasteiger partial charge in [-0.1, -0.05) is 42.8 Å². The second-order valence-electron chi connectivity index (χ2n) is 4.92. The number of carbonyl (C=O) groups excluding carboxylic acids is 1. The molecule has 1 heteroatoms. The summed E-state index contributed by atoms with van der Waals surface area (Å²) in [6.07, 6.45) is 3.59. The fourth-order valence-corrected chi connectivity index (χ4v) is 3.24. The van der Waals surface area contributed by atoms with Crippen molar-refractivity contribution in [3.63, 3.8) is 0 Å². The molecule has 0 N–H and O–H groups in total. The smallest absolute Gasteiger partial charge is 0.166 e. The van der Waals surface area contributed by atoms with Crippen molar-refractivity contribution in [1.29, 1.82) is 0 Å². The lowest BCUT2D eigenvalue weighted by molar-refractivity contribution is -0.117. The van der Waals surface area contributed by atoms with Crippen LogP contribution in [0.4, 0.5) is 0 Å². The van der Waals surface area contributed by atoms with Gasteiger partial charge in [0, 0.05) is 11.5 Å². The van der Waals surface area contributed by atoms with Crippen molar-refractivity contribution in [3.8, 4) is 0 Å². The van der Waals surface area contributed by atoms with Gasteiger partial charge in [0.05, 0.1) is 0 Å². The zero-order chi connectivity index (χ0) is 11.1. The summed E-state index contributed by atoms with van der Waals surface area (Å²) in [5.41, 5.74) is 3.60. The van der Waals surface area contributed by atoms with Crippen LogP contribution in [0.5, 0.6) is 0 Å². The highest BCUT2D eigenvalue weighted by atomic mass is 16.1. The fraction of sp³-hybridized carbons (Fsp3) is 0.400. The summed E-state index contributed by atoms with van der Waals surface area (Å²) in [6.45, 7) is 2.09. The van der Waals surface area contributed by atoms with Gasteiger partial charge in [0.1, 0.15) is 0 Å². The number of benzene rings is 1. The molecule has 0 aliphatic heterocycles. The molecule has 82 valence electrons. The molecule has 2 aliphatic carbocycles. The van der Waals surface area contributed by atoms with Crippen molar-refractivity contribution < 1.29 is 4.79 Å². The van der Waals surface area contributed by atoms with Crippen molar-refractivity contribution in [2.45, 2.75) is 26.2 Å². The second-order valence-corrected chi connectivity index (χ2v) is 4.92. The standard InChI is InChI=1S/C15H16O/c1-10-12-8-5-9-13(12)14(15(10)16)11-6-3-2-4-7-11/h2-4,6-7,10,12H,5,8-9H2,1H3. The topological polar surface area (TPSA) is 17.1 Å². The molecule has 0 heterocycles. The Morgan fingerprint density at radius 3 is 2.69 bits per heavy atom. The Kier molecular flexibility index (Phi) is 2.20. The van der Waals surface area contributed by atoms with Gasteiger partial charge in [0.15, 0.2) is 5.78 Å². The van der Waals surface area contributed by atoms with Crippen LogP contribution in [0.2, 0.25) is 0 Å². The minimum absolute atomic E-state index is 0.215. The minimum atomic E-state index is 0.215. The molecule has 0 radical (unpaired) electrons. The third kappa shape index (κ3) is 1.27. The average Bonchev–Trinajstić information content (AvgIpc) is 2.86. The molecule has 2 atom stereocenters. The number of fused-ring (bicyclic) bond motifs is 1. The Morgan fingerprint density at radius 1 is 1.19 bits per heavy atom. The van der Waals surface area contributed by atoms with Gasteiger partial charge < -0.3 is 0 Å². The van der Waals surface area contributed by atoms with Crippen LogP contribution in [0.1, 0.15) is 31.7 Å². The molecular weight excluding hydrogens is 196 g/mol. The number of allylic oxidation sites excluding steroid dienone is 2. The van der Waals surface area contributed by atoms with E-state index in [-0.39, 0.29) is 5.92 Å². The maximum atomic E-state index is 12.3. The molecule has 0 amide bonds. The molecule has 1 aromatic carbocycles. The summed E-state index contributed by atoms with van der Waals surface area (Å²) in [5.74, 6) is 1.13. The third-order valence-electron chi connectivity index (χ3n) is 4.06. The zero-order valence-corrected chi connectivity index (χ0v) is 9.57. The number of carbonyl (C=O) groups is 1. The fourth-order valence-electron chi connectivity index (χ4n) is 3.24. The van der Waals surface area contributed by atoms with E-state index in [0.29, 0.717) is 11.7 Å². The molecule has 1 saturated carbocycles. The van der Waals surface area contributed by atoms with E-state index in [2.05, 4.69) is 19.1 Å². The van der Waals surface area contributed by atoms with Crippen molar-refractivity contribution in [2.24, 2.45) is 11.8 Å². The van der Waals surface area contributed by atoms with Gasteiger partial charge in [-0.15, -0.1) is 0 Å². The van der Waals surface area contributed by atoms with Crippen molar-refractivity contribution in [1.82, 2.24) is 0 Å². The summed E-state index contributed by atoms with van der Waals surface area (Å²) in [6, 6.07) is 10.2. The molecule has 0 saturated heterocycles. The number of hydrogen-bond donors (Lipinski definition) is 0. The highest BCUT2D eigenvalue weighted by molar-refractivity contribution is 6.25. The Morgan fingerprint density at radius 2 is 1.94 bits per heavy atom. The maximum absolute atomic E-state index is 12.3. The molecule has 1 aromatic rings. The van der Waals surface area contributed by atoms with E-state index in [1.807, 2.05) is 18.2 Å². The van der Waals surface area contributed by atoms with E-state index < -0.39 is 0 Å². The van der Waals surface area contributed by atoms with Gasteiger partial charge in [-0.05, 0) is 30.7 Å². The SMILES string of the molecule is CC1C(=O)C(c2ccccc2)=C2CCCC21. The average molecular weight is 212 g/mol. The molecule has 1 fully saturated rings. The van der Waals surface area contributed by atoms with Crippen LogP contribution < -0.4 is 0 Å². The van der Waals surface area contributed by atoms with Crippen molar-refractivity contribution >= 4 is 11.4 Å². The molecule has 2 aliphatic rings. The first-order valence-corrected chi connectivity index (χ1v) is 6.11. The predicted molar refractivity (Wildman–Crippen MR) is 64.9 cm³/mol. The Balaban J connectivity index is 2.12. The first-order chi connectivity index (χ1) is 7.79. The second kappa shape index (κ2) is 3.58. The van der Waals surface area contributed by atoms with E-state index in [1.165, 1.54) is 18.4 Å². The first-order valence-electron chi connectivity index (χ1n) is 6.11. The van der Waals surface area contributed by atoms with Gasteiger partial charge in [-0.3, -0.25) is 4.79 Å². The molecule has 3 rings (SSSR count). The van der Waals surface area contributed by atoms with Crippen LogP contribution in [0.3, 0.4) is 0 Å². The number of ketones is 1. The molecule has 0 spiro atoms. The van der Waals surface area contributed by atoms with Crippen molar-refractivity contribution in [3.05, 3.63) is 41.5 Å². The van der Waals surface area contributed by atoms with Gasteiger partial charge in [0.25, 0.3) is 0 Å². The monoisotopic (exact) mass is 212 g/mol. The van der Waals surface area contributed by atoms with Crippen LogP contribution in [-0.4, -0.2) is 5.78 Å². The summed E-state index contributed by atoms with van der Waals surface area (Å²) in [4.78, 5) is 12.3. The largest absolute Gasteiger partial charge is 0.294 e. The Bertz CT molecular complexity index is 456. The summed E-state index contributed by atoms with van der Waals surface area (Å²) < 4.78 is 0. The lowest BCUT2D eigenvalue weighted by atomic mass is 9.94. The maximum Gasteiger partial charge on any atom is 0.166 e. The molecular formula is C15H16O. The van der Waals surface area contributed by atoms with Crippen molar-refractivity contribution in [2.75, 3.05) is 0 Å². The highest BCUT2D eigenvalue weighted by Crippen LogP contribution is 2.48. The lowest BCUT2D eigenvalue weighted by Crippen LogP contribution is -2.12.